The van der Waals surface area contributed by atoms with Gasteiger partial charge < -0.3 is 5.32 Å². The molecule has 4 heteroatoms. The lowest BCUT2D eigenvalue weighted by Crippen LogP contribution is -2.07. The number of carbonyl (C=O) groups excluding carboxylic acids is 1. The molecule has 2 aromatic carbocycles. The first kappa shape index (κ1) is 13.9. The molecule has 1 aromatic heterocycles. The minimum absolute atomic E-state index is 0.321. The number of hydrogen-bond donors (Lipinski definition) is 1. The number of anilines is 1. The number of amides is 1. The smallest absolute Gasteiger partial charge is 0.248 e. The summed E-state index contributed by atoms with van der Waals surface area (Å²) in [6, 6.07) is 15.4. The number of benzene rings is 2. The third-order valence-corrected chi connectivity index (χ3v) is 3.17. The maximum Gasteiger partial charge on any atom is 0.248 e. The number of aromatic nitrogens is 1. The van der Waals surface area contributed by atoms with Crippen molar-refractivity contribution in [2.45, 2.75) is 0 Å². The van der Waals surface area contributed by atoms with Gasteiger partial charge in [-0.2, -0.15) is 0 Å². The van der Waals surface area contributed by atoms with Crippen LogP contribution in [-0.4, -0.2) is 10.9 Å². The van der Waals surface area contributed by atoms with Crippen molar-refractivity contribution in [2.24, 2.45) is 0 Å². The normalized spacial score (nSPS) is 11.0. The molecule has 0 aliphatic heterocycles. The predicted molar refractivity (Wildman–Crippen MR) is 85.8 cm³/mol. The summed E-state index contributed by atoms with van der Waals surface area (Å²) in [7, 11) is 0. The van der Waals surface area contributed by atoms with Gasteiger partial charge in [-0.15, -0.1) is 0 Å². The molecule has 0 saturated carbocycles. The van der Waals surface area contributed by atoms with Gasteiger partial charge in [-0.1, -0.05) is 30.3 Å². The number of carbonyl (C=O) groups is 1. The molecule has 0 bridgehead atoms. The zero-order valence-corrected chi connectivity index (χ0v) is 11.7. The van der Waals surface area contributed by atoms with Gasteiger partial charge in [-0.3, -0.25) is 9.78 Å². The number of nitrogens with one attached hydrogen (secondary N) is 1. The molecule has 3 aromatic rings. The molecule has 0 atom stereocenters. The summed E-state index contributed by atoms with van der Waals surface area (Å²) in [4.78, 5) is 16.2. The largest absolute Gasteiger partial charge is 0.322 e. The summed E-state index contributed by atoms with van der Waals surface area (Å²) in [5.41, 5.74) is 2.11. The van der Waals surface area contributed by atoms with Gasteiger partial charge in [0.15, 0.2) is 0 Å². The molecular weight excluding hydrogens is 279 g/mol. The van der Waals surface area contributed by atoms with Crippen LogP contribution in [0.4, 0.5) is 10.1 Å². The predicted octanol–water partition coefficient (Wildman–Crippen LogP) is 4.03. The van der Waals surface area contributed by atoms with Crippen molar-refractivity contribution in [3.8, 4) is 0 Å². The molecule has 1 heterocycles. The van der Waals surface area contributed by atoms with E-state index < -0.39 is 0 Å². The number of rotatable bonds is 3. The first-order chi connectivity index (χ1) is 10.7. The number of para-hydroxylation sites is 1. The highest BCUT2D eigenvalue weighted by molar-refractivity contribution is 6.03. The Morgan fingerprint density at radius 3 is 2.77 bits per heavy atom. The van der Waals surface area contributed by atoms with Crippen LogP contribution in [0.1, 0.15) is 5.56 Å². The minimum Gasteiger partial charge on any atom is -0.322 e. The van der Waals surface area contributed by atoms with Crippen LogP contribution in [-0.2, 0) is 4.79 Å². The number of hydrogen-bond acceptors (Lipinski definition) is 2. The van der Waals surface area contributed by atoms with Gasteiger partial charge in [0.1, 0.15) is 5.82 Å². The molecule has 0 unspecified atom stereocenters. The van der Waals surface area contributed by atoms with Crippen LogP contribution < -0.4 is 5.32 Å². The Hall–Kier alpha value is -3.01. The van der Waals surface area contributed by atoms with Gasteiger partial charge in [-0.05, 0) is 30.3 Å². The van der Waals surface area contributed by atoms with Crippen LogP contribution in [0.15, 0.2) is 66.9 Å². The highest BCUT2D eigenvalue weighted by atomic mass is 19.1. The van der Waals surface area contributed by atoms with E-state index in [0.717, 1.165) is 16.5 Å². The SMILES string of the molecule is O=C(/C=C/c1cccc2cccnc12)Nc1cccc(F)c1. The van der Waals surface area contributed by atoms with Crippen LogP contribution in [0.5, 0.6) is 0 Å². The summed E-state index contributed by atoms with van der Waals surface area (Å²) < 4.78 is 13.1. The molecular formula is C18H13FN2O. The molecule has 0 radical (unpaired) electrons. The van der Waals surface area contributed by atoms with Crippen molar-refractivity contribution in [3.05, 3.63) is 78.3 Å². The van der Waals surface area contributed by atoms with Crippen LogP contribution in [0.2, 0.25) is 0 Å². The lowest BCUT2D eigenvalue weighted by Gasteiger charge is -2.02. The van der Waals surface area contributed by atoms with E-state index in [9.17, 15) is 9.18 Å². The first-order valence-corrected chi connectivity index (χ1v) is 6.81. The maximum atomic E-state index is 13.1. The summed E-state index contributed by atoms with van der Waals surface area (Å²) in [5.74, 6) is -0.710. The fraction of sp³-hybridized carbons (Fsp3) is 0. The lowest BCUT2D eigenvalue weighted by molar-refractivity contribution is -0.111. The molecule has 3 rings (SSSR count). The van der Waals surface area contributed by atoms with Gasteiger partial charge in [0.05, 0.1) is 5.52 Å². The fourth-order valence-electron chi connectivity index (χ4n) is 2.18. The standard InChI is InChI=1S/C18H13FN2O/c19-15-7-2-8-16(12-15)21-17(22)10-9-14-5-1-4-13-6-3-11-20-18(13)14/h1-12H,(H,21,22)/b10-9+. The van der Waals surface area contributed by atoms with E-state index in [0.29, 0.717) is 5.69 Å². The molecule has 1 N–H and O–H groups in total. The number of halogens is 1. The average Bonchev–Trinajstić information content (AvgIpc) is 2.53. The van der Waals surface area contributed by atoms with Crippen LogP contribution in [0, 0.1) is 5.82 Å². The second kappa shape index (κ2) is 6.18. The van der Waals surface area contributed by atoms with Crippen LogP contribution in [0.3, 0.4) is 0 Å². The van der Waals surface area contributed by atoms with Crippen molar-refractivity contribution in [1.82, 2.24) is 4.98 Å². The van der Waals surface area contributed by atoms with Crippen LogP contribution >= 0.6 is 0 Å². The fourth-order valence-corrected chi connectivity index (χ4v) is 2.18. The highest BCUT2D eigenvalue weighted by Gasteiger charge is 2.01. The van der Waals surface area contributed by atoms with Crippen molar-refractivity contribution in [3.63, 3.8) is 0 Å². The second-order valence-corrected chi connectivity index (χ2v) is 4.76. The van der Waals surface area contributed by atoms with Gasteiger partial charge in [0.25, 0.3) is 0 Å². The van der Waals surface area contributed by atoms with Gasteiger partial charge >= 0.3 is 0 Å². The first-order valence-electron chi connectivity index (χ1n) is 6.81. The molecule has 0 aliphatic rings. The highest BCUT2D eigenvalue weighted by Crippen LogP contribution is 2.17. The van der Waals surface area contributed by atoms with E-state index in [1.54, 1.807) is 24.4 Å². The van der Waals surface area contributed by atoms with E-state index in [1.807, 2.05) is 30.3 Å². The molecule has 22 heavy (non-hydrogen) atoms. The zero-order valence-electron chi connectivity index (χ0n) is 11.7. The Labute approximate surface area is 127 Å². The molecule has 0 fully saturated rings. The molecule has 0 aliphatic carbocycles. The maximum absolute atomic E-state index is 13.1. The van der Waals surface area contributed by atoms with E-state index >= 15 is 0 Å². The molecule has 0 saturated heterocycles. The van der Waals surface area contributed by atoms with E-state index in [-0.39, 0.29) is 11.7 Å². The monoisotopic (exact) mass is 292 g/mol. The summed E-state index contributed by atoms with van der Waals surface area (Å²) in [6.07, 6.45) is 4.82. The third kappa shape index (κ3) is 3.17. The van der Waals surface area contributed by atoms with Gasteiger partial charge in [0, 0.05) is 28.9 Å². The zero-order chi connectivity index (χ0) is 15.4. The van der Waals surface area contributed by atoms with Crippen LogP contribution in [0.25, 0.3) is 17.0 Å². The minimum atomic E-state index is -0.389. The Balaban J connectivity index is 1.79. The third-order valence-electron chi connectivity index (χ3n) is 3.17. The number of fused-ring (bicyclic) bond motifs is 1. The van der Waals surface area contributed by atoms with Gasteiger partial charge in [0.2, 0.25) is 5.91 Å². The van der Waals surface area contributed by atoms with Crippen molar-refractivity contribution >= 4 is 28.6 Å². The Morgan fingerprint density at radius 2 is 1.91 bits per heavy atom. The lowest BCUT2D eigenvalue weighted by atomic mass is 10.1. The summed E-state index contributed by atoms with van der Waals surface area (Å²) in [5, 5.41) is 3.62. The quantitative estimate of drug-likeness (QED) is 0.741. The van der Waals surface area contributed by atoms with E-state index in [2.05, 4.69) is 10.3 Å². The van der Waals surface area contributed by atoms with Crippen molar-refractivity contribution in [2.75, 3.05) is 5.32 Å². The Morgan fingerprint density at radius 1 is 1.09 bits per heavy atom. The Bertz CT molecular complexity index is 853. The second-order valence-electron chi connectivity index (χ2n) is 4.76. The van der Waals surface area contributed by atoms with Crippen molar-refractivity contribution in [1.29, 1.82) is 0 Å². The van der Waals surface area contributed by atoms with Gasteiger partial charge in [-0.25, -0.2) is 4.39 Å². The molecule has 108 valence electrons. The molecule has 1 amide bonds. The van der Waals surface area contributed by atoms with Crippen molar-refractivity contribution < 1.29 is 9.18 Å². The van der Waals surface area contributed by atoms with E-state index in [4.69, 9.17) is 0 Å². The summed E-state index contributed by atoms with van der Waals surface area (Å²) in [6.45, 7) is 0. The summed E-state index contributed by atoms with van der Waals surface area (Å²) >= 11 is 0. The van der Waals surface area contributed by atoms with E-state index in [1.165, 1.54) is 18.2 Å². The Kier molecular flexibility index (Phi) is 3.92. The topological polar surface area (TPSA) is 42.0 Å². The molecule has 0 spiro atoms. The molecule has 3 nitrogen and oxygen atoms in total. The number of nitrogens with zero attached hydrogens (tertiary/aromatic N) is 1. The number of pyridine rings is 1. The average molecular weight is 292 g/mol.